The van der Waals surface area contributed by atoms with Crippen molar-refractivity contribution >= 4 is 0 Å². The van der Waals surface area contributed by atoms with Crippen LogP contribution in [0.4, 0.5) is 0 Å². The Morgan fingerprint density at radius 3 is 2.31 bits per heavy atom. The summed E-state index contributed by atoms with van der Waals surface area (Å²) in [5.74, 6) is 1.12. The molecule has 0 bridgehead atoms. The Balaban J connectivity index is 2.15. The molecule has 1 aromatic carbocycles. The first kappa shape index (κ1) is 11.7. The van der Waals surface area contributed by atoms with E-state index in [4.69, 9.17) is 0 Å². The van der Waals surface area contributed by atoms with E-state index in [9.17, 15) is 5.11 Å². The summed E-state index contributed by atoms with van der Waals surface area (Å²) in [6, 6.07) is 6.51. The summed E-state index contributed by atoms with van der Waals surface area (Å²) >= 11 is 0. The monoisotopic (exact) mass is 218 g/mol. The third-order valence-corrected chi connectivity index (χ3v) is 4.29. The van der Waals surface area contributed by atoms with Gasteiger partial charge in [0, 0.05) is 0 Å². The molecule has 0 radical (unpaired) electrons. The molecule has 1 aliphatic rings. The molecule has 0 heterocycles. The first-order valence-electron chi connectivity index (χ1n) is 6.32. The van der Waals surface area contributed by atoms with Crippen LogP contribution in [-0.4, -0.2) is 11.2 Å². The second kappa shape index (κ2) is 4.58. The van der Waals surface area contributed by atoms with Crippen molar-refractivity contribution in [2.24, 2.45) is 11.8 Å². The smallest absolute Gasteiger partial charge is 0.0568 e. The lowest BCUT2D eigenvalue weighted by atomic mass is 9.87. The van der Waals surface area contributed by atoms with E-state index in [1.54, 1.807) is 0 Å². The van der Waals surface area contributed by atoms with Gasteiger partial charge < -0.3 is 5.11 Å². The fourth-order valence-corrected chi connectivity index (χ4v) is 2.95. The lowest BCUT2D eigenvalue weighted by molar-refractivity contribution is 0.127. The van der Waals surface area contributed by atoms with Crippen LogP contribution >= 0.6 is 0 Å². The van der Waals surface area contributed by atoms with E-state index in [2.05, 4.69) is 39.0 Å². The van der Waals surface area contributed by atoms with Crippen molar-refractivity contribution in [2.75, 3.05) is 0 Å². The van der Waals surface area contributed by atoms with Crippen molar-refractivity contribution in [1.82, 2.24) is 0 Å². The molecular formula is C15H22O. The van der Waals surface area contributed by atoms with E-state index in [0.29, 0.717) is 11.8 Å². The van der Waals surface area contributed by atoms with Gasteiger partial charge in [-0.05, 0) is 61.6 Å². The quantitative estimate of drug-likeness (QED) is 0.808. The van der Waals surface area contributed by atoms with Crippen LogP contribution in [0, 0.1) is 25.7 Å². The van der Waals surface area contributed by atoms with Gasteiger partial charge >= 0.3 is 0 Å². The van der Waals surface area contributed by atoms with Crippen molar-refractivity contribution in [3.63, 3.8) is 0 Å². The van der Waals surface area contributed by atoms with E-state index < -0.39 is 0 Å². The fraction of sp³-hybridized carbons (Fsp3) is 0.600. The molecule has 2 rings (SSSR count). The normalized spacial score (nSPS) is 29.6. The molecule has 0 aromatic heterocycles. The van der Waals surface area contributed by atoms with Gasteiger partial charge in [0.15, 0.2) is 0 Å². The number of aryl methyl sites for hydroxylation is 2. The van der Waals surface area contributed by atoms with Crippen LogP contribution in [0.3, 0.4) is 0 Å². The van der Waals surface area contributed by atoms with E-state index in [-0.39, 0.29) is 6.10 Å². The van der Waals surface area contributed by atoms with E-state index in [0.717, 1.165) is 12.8 Å². The third kappa shape index (κ3) is 2.15. The van der Waals surface area contributed by atoms with Crippen LogP contribution in [0.25, 0.3) is 0 Å². The average molecular weight is 218 g/mol. The van der Waals surface area contributed by atoms with E-state index >= 15 is 0 Å². The predicted octanol–water partition coefficient (Wildman–Crippen LogP) is 3.25. The molecule has 0 saturated heterocycles. The Morgan fingerprint density at radius 2 is 1.81 bits per heavy atom. The SMILES string of the molecule is Cc1cccc(C)c1CC1CCC(O)C1C. The summed E-state index contributed by atoms with van der Waals surface area (Å²) in [7, 11) is 0. The summed E-state index contributed by atoms with van der Waals surface area (Å²) in [5.41, 5.74) is 4.29. The van der Waals surface area contributed by atoms with Gasteiger partial charge in [-0.15, -0.1) is 0 Å². The maximum atomic E-state index is 9.78. The number of hydrogen-bond donors (Lipinski definition) is 1. The number of benzene rings is 1. The van der Waals surface area contributed by atoms with Crippen molar-refractivity contribution in [2.45, 2.75) is 46.1 Å². The van der Waals surface area contributed by atoms with Crippen LogP contribution in [-0.2, 0) is 6.42 Å². The molecule has 0 spiro atoms. The topological polar surface area (TPSA) is 20.2 Å². The van der Waals surface area contributed by atoms with Gasteiger partial charge in [0.05, 0.1) is 6.10 Å². The first-order valence-corrected chi connectivity index (χ1v) is 6.32. The highest BCUT2D eigenvalue weighted by Crippen LogP contribution is 2.35. The molecule has 1 aromatic rings. The Morgan fingerprint density at radius 1 is 1.19 bits per heavy atom. The molecular weight excluding hydrogens is 196 g/mol. The Hall–Kier alpha value is -0.820. The zero-order valence-electron chi connectivity index (χ0n) is 10.5. The van der Waals surface area contributed by atoms with Gasteiger partial charge in [0.2, 0.25) is 0 Å². The van der Waals surface area contributed by atoms with Crippen LogP contribution in [0.1, 0.15) is 36.5 Å². The molecule has 1 fully saturated rings. The molecule has 3 atom stereocenters. The lowest BCUT2D eigenvalue weighted by Crippen LogP contribution is -2.17. The molecule has 1 heteroatoms. The zero-order valence-corrected chi connectivity index (χ0v) is 10.5. The van der Waals surface area contributed by atoms with Gasteiger partial charge in [-0.25, -0.2) is 0 Å². The van der Waals surface area contributed by atoms with Gasteiger partial charge in [-0.1, -0.05) is 25.1 Å². The highest BCUT2D eigenvalue weighted by molar-refractivity contribution is 5.34. The number of aliphatic hydroxyl groups is 1. The second-order valence-corrected chi connectivity index (χ2v) is 5.34. The van der Waals surface area contributed by atoms with Crippen LogP contribution in [0.15, 0.2) is 18.2 Å². The average Bonchev–Trinajstić information content (AvgIpc) is 2.55. The minimum atomic E-state index is -0.0747. The summed E-state index contributed by atoms with van der Waals surface area (Å²) < 4.78 is 0. The second-order valence-electron chi connectivity index (χ2n) is 5.34. The van der Waals surface area contributed by atoms with Crippen LogP contribution < -0.4 is 0 Å². The highest BCUT2D eigenvalue weighted by Gasteiger charge is 2.31. The molecule has 1 saturated carbocycles. The highest BCUT2D eigenvalue weighted by atomic mass is 16.3. The van der Waals surface area contributed by atoms with Gasteiger partial charge in [-0.3, -0.25) is 0 Å². The van der Waals surface area contributed by atoms with E-state index in [1.165, 1.54) is 23.1 Å². The third-order valence-electron chi connectivity index (χ3n) is 4.29. The predicted molar refractivity (Wildman–Crippen MR) is 67.5 cm³/mol. The fourth-order valence-electron chi connectivity index (χ4n) is 2.95. The van der Waals surface area contributed by atoms with Crippen molar-refractivity contribution in [1.29, 1.82) is 0 Å². The minimum Gasteiger partial charge on any atom is -0.393 e. The van der Waals surface area contributed by atoms with Crippen molar-refractivity contribution < 1.29 is 5.11 Å². The maximum Gasteiger partial charge on any atom is 0.0568 e. The molecule has 1 N–H and O–H groups in total. The Bertz CT molecular complexity index is 349. The molecule has 16 heavy (non-hydrogen) atoms. The lowest BCUT2D eigenvalue weighted by Gasteiger charge is -2.19. The molecule has 0 amide bonds. The summed E-state index contributed by atoms with van der Waals surface area (Å²) in [5, 5.41) is 9.78. The summed E-state index contributed by atoms with van der Waals surface area (Å²) in [6.45, 7) is 6.58. The van der Waals surface area contributed by atoms with Gasteiger partial charge in [-0.2, -0.15) is 0 Å². The Labute approximate surface area is 98.5 Å². The maximum absolute atomic E-state index is 9.78. The molecule has 1 nitrogen and oxygen atoms in total. The molecule has 0 aliphatic heterocycles. The van der Waals surface area contributed by atoms with Gasteiger partial charge in [0.25, 0.3) is 0 Å². The minimum absolute atomic E-state index is 0.0747. The largest absolute Gasteiger partial charge is 0.393 e. The van der Waals surface area contributed by atoms with E-state index in [1.807, 2.05) is 0 Å². The van der Waals surface area contributed by atoms with Crippen molar-refractivity contribution in [3.8, 4) is 0 Å². The summed E-state index contributed by atoms with van der Waals surface area (Å²) in [4.78, 5) is 0. The molecule has 88 valence electrons. The zero-order chi connectivity index (χ0) is 11.7. The first-order chi connectivity index (χ1) is 7.59. The van der Waals surface area contributed by atoms with Crippen molar-refractivity contribution in [3.05, 3.63) is 34.9 Å². The number of aliphatic hydroxyl groups excluding tert-OH is 1. The Kier molecular flexibility index (Phi) is 3.34. The molecule has 1 aliphatic carbocycles. The molecule has 3 unspecified atom stereocenters. The standard InChI is InChI=1S/C15H22O/c1-10-5-4-6-11(2)14(10)9-13-7-8-15(16)12(13)3/h4-6,12-13,15-16H,7-9H2,1-3H3. The summed E-state index contributed by atoms with van der Waals surface area (Å²) in [6.07, 6.45) is 3.22. The number of hydrogen-bond acceptors (Lipinski definition) is 1. The van der Waals surface area contributed by atoms with Crippen LogP contribution in [0.5, 0.6) is 0 Å². The van der Waals surface area contributed by atoms with Crippen LogP contribution in [0.2, 0.25) is 0 Å². The number of rotatable bonds is 2. The van der Waals surface area contributed by atoms with Gasteiger partial charge in [0.1, 0.15) is 0 Å².